The molecule has 17 heavy (non-hydrogen) atoms. The van der Waals surface area contributed by atoms with Gasteiger partial charge in [-0.2, -0.15) is 0 Å². The van der Waals surface area contributed by atoms with Crippen molar-refractivity contribution in [1.82, 2.24) is 0 Å². The monoisotopic (exact) mass is 255 g/mol. The average molecular weight is 255 g/mol. The van der Waals surface area contributed by atoms with Crippen LogP contribution in [0.3, 0.4) is 0 Å². The Hall–Kier alpha value is -0.870. The van der Waals surface area contributed by atoms with Gasteiger partial charge < -0.3 is 5.73 Å². The third kappa shape index (κ3) is 4.48. The highest BCUT2D eigenvalue weighted by molar-refractivity contribution is 7.90. The van der Waals surface area contributed by atoms with Crippen LogP contribution in [0.4, 0.5) is 0 Å². The van der Waals surface area contributed by atoms with Gasteiger partial charge in [0, 0.05) is 12.3 Å². The van der Waals surface area contributed by atoms with Gasteiger partial charge in [-0.3, -0.25) is 0 Å². The van der Waals surface area contributed by atoms with Crippen LogP contribution in [-0.2, 0) is 9.84 Å². The lowest BCUT2D eigenvalue weighted by molar-refractivity contribution is 0.567. The van der Waals surface area contributed by atoms with Gasteiger partial charge in [-0.25, -0.2) is 8.42 Å². The molecule has 1 rings (SSSR count). The predicted octanol–water partition coefficient (Wildman–Crippen LogP) is 2.32. The normalized spacial score (nSPS) is 15.5. The Morgan fingerprint density at radius 2 is 1.88 bits per heavy atom. The minimum absolute atomic E-state index is 0.190. The molecule has 2 unspecified atom stereocenters. The van der Waals surface area contributed by atoms with E-state index in [1.54, 1.807) is 18.2 Å². The first kappa shape index (κ1) is 14.2. The lowest BCUT2D eigenvalue weighted by Crippen LogP contribution is -2.15. The first-order valence-corrected chi connectivity index (χ1v) is 7.75. The lowest BCUT2D eigenvalue weighted by atomic mass is 9.95. The van der Waals surface area contributed by atoms with Crippen molar-refractivity contribution in [2.75, 3.05) is 6.26 Å². The number of benzene rings is 1. The van der Waals surface area contributed by atoms with E-state index in [2.05, 4.69) is 6.92 Å². The fourth-order valence-corrected chi connectivity index (χ4v) is 2.41. The molecular weight excluding hydrogens is 234 g/mol. The van der Waals surface area contributed by atoms with Crippen LogP contribution in [0, 0.1) is 0 Å². The molecule has 0 aromatic heterocycles. The summed E-state index contributed by atoms with van der Waals surface area (Å²) in [4.78, 5) is 0.391. The summed E-state index contributed by atoms with van der Waals surface area (Å²) < 4.78 is 22.9. The summed E-state index contributed by atoms with van der Waals surface area (Å²) in [7, 11) is -3.11. The van der Waals surface area contributed by atoms with Crippen LogP contribution in [-0.4, -0.2) is 20.7 Å². The predicted molar refractivity (Wildman–Crippen MR) is 70.9 cm³/mol. The molecule has 0 spiro atoms. The van der Waals surface area contributed by atoms with Crippen LogP contribution in [0.15, 0.2) is 29.2 Å². The van der Waals surface area contributed by atoms with E-state index in [0.29, 0.717) is 10.8 Å². The van der Waals surface area contributed by atoms with Crippen molar-refractivity contribution in [2.45, 2.75) is 43.5 Å². The van der Waals surface area contributed by atoms with Crippen LogP contribution in [0.5, 0.6) is 0 Å². The summed E-state index contributed by atoms with van der Waals surface area (Å²) in [5.74, 6) is 0.336. The first-order valence-electron chi connectivity index (χ1n) is 5.86. The molecule has 0 aliphatic carbocycles. The second kappa shape index (κ2) is 5.65. The minimum atomic E-state index is -3.11. The third-order valence-electron chi connectivity index (χ3n) is 2.91. The molecule has 0 aliphatic heterocycles. The van der Waals surface area contributed by atoms with E-state index in [1.807, 2.05) is 13.0 Å². The minimum Gasteiger partial charge on any atom is -0.328 e. The largest absolute Gasteiger partial charge is 0.328 e. The fraction of sp³-hybridized carbons (Fsp3) is 0.538. The summed E-state index contributed by atoms with van der Waals surface area (Å²) in [6, 6.07) is 7.36. The van der Waals surface area contributed by atoms with Crippen LogP contribution in [0.2, 0.25) is 0 Å². The zero-order valence-electron chi connectivity index (χ0n) is 10.7. The number of nitrogens with two attached hydrogens (primary N) is 1. The smallest absolute Gasteiger partial charge is 0.175 e. The van der Waals surface area contributed by atoms with Crippen molar-refractivity contribution in [1.29, 1.82) is 0 Å². The number of rotatable bonds is 5. The summed E-state index contributed by atoms with van der Waals surface area (Å²) in [6.45, 7) is 4.09. The van der Waals surface area contributed by atoms with Gasteiger partial charge in [-0.05, 0) is 43.4 Å². The number of hydrogen-bond acceptors (Lipinski definition) is 3. The highest BCUT2D eigenvalue weighted by Gasteiger charge is 2.11. The maximum atomic E-state index is 11.5. The molecule has 0 saturated carbocycles. The molecule has 1 aromatic rings. The molecule has 0 amide bonds. The third-order valence-corrected chi connectivity index (χ3v) is 4.02. The van der Waals surface area contributed by atoms with Crippen molar-refractivity contribution >= 4 is 9.84 Å². The van der Waals surface area contributed by atoms with Gasteiger partial charge in [0.1, 0.15) is 0 Å². The van der Waals surface area contributed by atoms with E-state index in [4.69, 9.17) is 5.73 Å². The van der Waals surface area contributed by atoms with Gasteiger partial charge in [0.25, 0.3) is 0 Å². The van der Waals surface area contributed by atoms with E-state index < -0.39 is 9.84 Å². The van der Waals surface area contributed by atoms with E-state index in [0.717, 1.165) is 18.4 Å². The van der Waals surface area contributed by atoms with Crippen LogP contribution in [0.25, 0.3) is 0 Å². The summed E-state index contributed by atoms with van der Waals surface area (Å²) in [5.41, 5.74) is 6.79. The second-order valence-electron chi connectivity index (χ2n) is 4.80. The maximum absolute atomic E-state index is 11.5. The second-order valence-corrected chi connectivity index (χ2v) is 6.82. The average Bonchev–Trinajstić information content (AvgIpc) is 2.25. The fourth-order valence-electron chi connectivity index (χ4n) is 1.73. The SMILES string of the molecule is CC(N)CCC(C)c1cccc(S(C)(=O)=O)c1. The molecule has 0 radical (unpaired) electrons. The van der Waals surface area contributed by atoms with Crippen LogP contribution >= 0.6 is 0 Å². The molecule has 4 heteroatoms. The summed E-state index contributed by atoms with van der Waals surface area (Å²) >= 11 is 0. The molecule has 0 saturated heterocycles. The lowest BCUT2D eigenvalue weighted by Gasteiger charge is -2.14. The van der Waals surface area contributed by atoms with E-state index in [-0.39, 0.29) is 6.04 Å². The van der Waals surface area contributed by atoms with Crippen molar-refractivity contribution in [3.63, 3.8) is 0 Å². The van der Waals surface area contributed by atoms with Gasteiger partial charge in [-0.1, -0.05) is 19.1 Å². The van der Waals surface area contributed by atoms with E-state index >= 15 is 0 Å². The Bertz CT molecular complexity index is 466. The maximum Gasteiger partial charge on any atom is 0.175 e. The molecular formula is C13H21NO2S. The first-order chi connectivity index (χ1) is 7.80. The van der Waals surface area contributed by atoms with Gasteiger partial charge in [0.05, 0.1) is 4.90 Å². The molecule has 2 N–H and O–H groups in total. The van der Waals surface area contributed by atoms with Gasteiger partial charge in [0.15, 0.2) is 9.84 Å². The molecule has 0 bridgehead atoms. The molecule has 3 nitrogen and oxygen atoms in total. The zero-order valence-corrected chi connectivity index (χ0v) is 11.5. The number of hydrogen-bond donors (Lipinski definition) is 1. The highest BCUT2D eigenvalue weighted by atomic mass is 32.2. The Kier molecular flexibility index (Phi) is 4.71. The molecule has 0 fully saturated rings. The number of sulfone groups is 1. The van der Waals surface area contributed by atoms with Gasteiger partial charge >= 0.3 is 0 Å². The Balaban J connectivity index is 2.85. The van der Waals surface area contributed by atoms with Crippen molar-refractivity contribution < 1.29 is 8.42 Å². The Labute approximate surface area is 104 Å². The molecule has 2 atom stereocenters. The van der Waals surface area contributed by atoms with E-state index in [1.165, 1.54) is 6.26 Å². The zero-order chi connectivity index (χ0) is 13.1. The van der Waals surface area contributed by atoms with Crippen LogP contribution < -0.4 is 5.73 Å². The molecule has 0 aliphatic rings. The Morgan fingerprint density at radius 1 is 1.24 bits per heavy atom. The van der Waals surface area contributed by atoms with Gasteiger partial charge in [-0.15, -0.1) is 0 Å². The highest BCUT2D eigenvalue weighted by Crippen LogP contribution is 2.23. The van der Waals surface area contributed by atoms with E-state index in [9.17, 15) is 8.42 Å². The molecule has 1 aromatic carbocycles. The standard InChI is InChI=1S/C13H21NO2S/c1-10(7-8-11(2)14)12-5-4-6-13(9-12)17(3,15)16/h4-6,9-11H,7-8,14H2,1-3H3. The van der Waals surface area contributed by atoms with Crippen molar-refractivity contribution in [3.8, 4) is 0 Å². The van der Waals surface area contributed by atoms with Crippen LogP contribution in [0.1, 0.15) is 38.2 Å². The summed E-state index contributed by atoms with van der Waals surface area (Å²) in [6.07, 6.45) is 3.16. The molecule has 96 valence electrons. The van der Waals surface area contributed by atoms with Gasteiger partial charge in [0.2, 0.25) is 0 Å². The molecule has 0 heterocycles. The topological polar surface area (TPSA) is 60.2 Å². The van der Waals surface area contributed by atoms with Crippen molar-refractivity contribution in [2.24, 2.45) is 5.73 Å². The Morgan fingerprint density at radius 3 is 2.41 bits per heavy atom. The van der Waals surface area contributed by atoms with Crippen molar-refractivity contribution in [3.05, 3.63) is 29.8 Å². The quantitative estimate of drug-likeness (QED) is 0.878. The summed E-state index contributed by atoms with van der Waals surface area (Å²) in [5, 5.41) is 0.